The summed E-state index contributed by atoms with van der Waals surface area (Å²) in [7, 11) is 0. The van der Waals surface area contributed by atoms with Crippen molar-refractivity contribution in [2.24, 2.45) is 0 Å². The van der Waals surface area contributed by atoms with E-state index < -0.39 is 0 Å². The van der Waals surface area contributed by atoms with Crippen molar-refractivity contribution in [2.45, 2.75) is 40.0 Å². The summed E-state index contributed by atoms with van der Waals surface area (Å²) in [6.45, 7) is 7.03. The van der Waals surface area contributed by atoms with E-state index in [2.05, 4.69) is 24.1 Å². The van der Waals surface area contributed by atoms with Crippen LogP contribution in [0.3, 0.4) is 0 Å². The number of benzene rings is 1. The van der Waals surface area contributed by atoms with Gasteiger partial charge in [0, 0.05) is 18.3 Å². The maximum absolute atomic E-state index is 11.7. The lowest BCUT2D eigenvalue weighted by Crippen LogP contribution is -2.25. The lowest BCUT2D eigenvalue weighted by molar-refractivity contribution is -0.120. The zero-order chi connectivity index (χ0) is 16.2. The van der Waals surface area contributed by atoms with Gasteiger partial charge in [-0.1, -0.05) is 51.5 Å². The Kier molecular flexibility index (Phi) is 8.58. The van der Waals surface area contributed by atoms with Crippen LogP contribution in [0, 0.1) is 0 Å². The molecule has 2 aromatic rings. The highest BCUT2D eigenvalue weighted by Crippen LogP contribution is 2.17. The number of carbonyl (C=O) groups is 1. The summed E-state index contributed by atoms with van der Waals surface area (Å²) < 4.78 is 0. The minimum atomic E-state index is 0.0695. The van der Waals surface area contributed by atoms with Crippen LogP contribution in [0.25, 0.3) is 11.3 Å². The average molecular weight is 298 g/mol. The standard InChI is InChI=1S/C16H18N2O.C3H8/c1-2-9-18-16(19)12-13-6-5-7-14(11-13)15-8-3-4-10-17-15;1-3-2/h3-8,10-11H,2,9,12H2,1H3,(H,18,19);3H2,1-2H3. The van der Waals surface area contributed by atoms with E-state index in [1.807, 2.05) is 49.4 Å². The van der Waals surface area contributed by atoms with E-state index in [0.717, 1.165) is 29.8 Å². The monoisotopic (exact) mass is 298 g/mol. The predicted molar refractivity (Wildman–Crippen MR) is 92.6 cm³/mol. The Bertz CT molecular complexity index is 552. The maximum Gasteiger partial charge on any atom is 0.224 e. The van der Waals surface area contributed by atoms with Crippen molar-refractivity contribution >= 4 is 5.91 Å². The van der Waals surface area contributed by atoms with Gasteiger partial charge in [0.25, 0.3) is 0 Å². The molecular formula is C19H26N2O. The van der Waals surface area contributed by atoms with E-state index in [0.29, 0.717) is 6.42 Å². The molecule has 3 heteroatoms. The second-order valence-corrected chi connectivity index (χ2v) is 5.15. The van der Waals surface area contributed by atoms with Crippen molar-refractivity contribution in [3.8, 4) is 11.3 Å². The van der Waals surface area contributed by atoms with Crippen LogP contribution in [0.4, 0.5) is 0 Å². The summed E-state index contributed by atoms with van der Waals surface area (Å²) in [6.07, 6.45) is 4.40. The van der Waals surface area contributed by atoms with Gasteiger partial charge < -0.3 is 5.32 Å². The second-order valence-electron chi connectivity index (χ2n) is 5.15. The van der Waals surface area contributed by atoms with Crippen LogP contribution in [0.15, 0.2) is 48.7 Å². The Morgan fingerprint density at radius 3 is 2.50 bits per heavy atom. The fourth-order valence-electron chi connectivity index (χ4n) is 1.89. The van der Waals surface area contributed by atoms with Crippen LogP contribution in [0.5, 0.6) is 0 Å². The van der Waals surface area contributed by atoms with E-state index in [9.17, 15) is 4.79 Å². The number of hydrogen-bond acceptors (Lipinski definition) is 2. The minimum absolute atomic E-state index is 0.0695. The van der Waals surface area contributed by atoms with Gasteiger partial charge in [-0.05, 0) is 30.2 Å². The zero-order valence-corrected chi connectivity index (χ0v) is 13.8. The Balaban J connectivity index is 0.000000745. The van der Waals surface area contributed by atoms with Crippen LogP contribution in [-0.4, -0.2) is 17.4 Å². The molecule has 0 aliphatic carbocycles. The van der Waals surface area contributed by atoms with Crippen LogP contribution in [0.2, 0.25) is 0 Å². The molecule has 0 spiro atoms. The summed E-state index contributed by atoms with van der Waals surface area (Å²) in [6, 6.07) is 13.8. The normalized spacial score (nSPS) is 9.59. The molecule has 22 heavy (non-hydrogen) atoms. The maximum atomic E-state index is 11.7. The van der Waals surface area contributed by atoms with Crippen LogP contribution >= 0.6 is 0 Å². The summed E-state index contributed by atoms with van der Waals surface area (Å²) >= 11 is 0. The fraction of sp³-hybridized carbons (Fsp3) is 0.368. The lowest BCUT2D eigenvalue weighted by Gasteiger charge is -2.06. The smallest absolute Gasteiger partial charge is 0.224 e. The number of nitrogens with zero attached hydrogens (tertiary/aromatic N) is 1. The first-order chi connectivity index (χ1) is 10.7. The number of carbonyl (C=O) groups excluding carboxylic acids is 1. The van der Waals surface area contributed by atoms with E-state index in [-0.39, 0.29) is 5.91 Å². The van der Waals surface area contributed by atoms with Gasteiger partial charge in [0.15, 0.2) is 0 Å². The third-order valence-corrected chi connectivity index (χ3v) is 2.82. The quantitative estimate of drug-likeness (QED) is 0.897. The first kappa shape index (κ1) is 17.9. The predicted octanol–water partition coefficient (Wildman–Crippen LogP) is 4.23. The summed E-state index contributed by atoms with van der Waals surface area (Å²) in [5, 5.41) is 2.89. The number of rotatable bonds is 5. The van der Waals surface area contributed by atoms with Gasteiger partial charge >= 0.3 is 0 Å². The Labute approximate surface area is 133 Å². The lowest BCUT2D eigenvalue weighted by atomic mass is 10.1. The topological polar surface area (TPSA) is 42.0 Å². The molecule has 3 nitrogen and oxygen atoms in total. The fourth-order valence-corrected chi connectivity index (χ4v) is 1.89. The van der Waals surface area contributed by atoms with Crippen LogP contribution in [0.1, 0.15) is 39.2 Å². The van der Waals surface area contributed by atoms with Crippen LogP contribution in [-0.2, 0) is 11.2 Å². The third kappa shape index (κ3) is 6.53. The van der Waals surface area contributed by atoms with Crippen molar-refractivity contribution in [1.82, 2.24) is 10.3 Å². The van der Waals surface area contributed by atoms with Gasteiger partial charge in [-0.15, -0.1) is 0 Å². The Morgan fingerprint density at radius 1 is 1.09 bits per heavy atom. The summed E-state index contributed by atoms with van der Waals surface area (Å²) in [4.78, 5) is 16.0. The van der Waals surface area contributed by atoms with Crippen molar-refractivity contribution in [2.75, 3.05) is 6.54 Å². The summed E-state index contributed by atoms with van der Waals surface area (Å²) in [5.41, 5.74) is 2.98. The van der Waals surface area contributed by atoms with E-state index >= 15 is 0 Å². The molecule has 2 rings (SSSR count). The van der Waals surface area contributed by atoms with Gasteiger partial charge in [0.05, 0.1) is 12.1 Å². The molecule has 0 atom stereocenters. The first-order valence-corrected chi connectivity index (χ1v) is 7.98. The van der Waals surface area contributed by atoms with E-state index in [1.54, 1.807) is 6.20 Å². The van der Waals surface area contributed by atoms with Crippen molar-refractivity contribution in [1.29, 1.82) is 0 Å². The molecular weight excluding hydrogens is 272 g/mol. The highest BCUT2D eigenvalue weighted by atomic mass is 16.1. The molecule has 1 heterocycles. The first-order valence-electron chi connectivity index (χ1n) is 7.98. The molecule has 1 aromatic carbocycles. The highest BCUT2D eigenvalue weighted by Gasteiger charge is 2.04. The van der Waals surface area contributed by atoms with Gasteiger partial charge in [-0.25, -0.2) is 0 Å². The number of hydrogen-bond donors (Lipinski definition) is 1. The number of nitrogens with one attached hydrogen (secondary N) is 1. The highest BCUT2D eigenvalue weighted by molar-refractivity contribution is 5.79. The van der Waals surface area contributed by atoms with Crippen molar-refractivity contribution in [3.05, 3.63) is 54.2 Å². The molecule has 0 radical (unpaired) electrons. The molecule has 0 aliphatic heterocycles. The van der Waals surface area contributed by atoms with Gasteiger partial charge in [0.1, 0.15) is 0 Å². The number of pyridine rings is 1. The number of amides is 1. The van der Waals surface area contributed by atoms with Gasteiger partial charge in [-0.2, -0.15) is 0 Å². The molecule has 0 unspecified atom stereocenters. The molecule has 0 saturated heterocycles. The Morgan fingerprint density at radius 2 is 1.86 bits per heavy atom. The molecule has 0 fully saturated rings. The van der Waals surface area contributed by atoms with Crippen molar-refractivity contribution in [3.63, 3.8) is 0 Å². The second kappa shape index (κ2) is 10.6. The Hall–Kier alpha value is -2.16. The van der Waals surface area contributed by atoms with Gasteiger partial charge in [0.2, 0.25) is 5.91 Å². The molecule has 0 aliphatic rings. The average Bonchev–Trinajstić information content (AvgIpc) is 2.55. The molecule has 1 aromatic heterocycles. The third-order valence-electron chi connectivity index (χ3n) is 2.82. The molecule has 0 saturated carbocycles. The molecule has 0 bridgehead atoms. The molecule has 118 valence electrons. The van der Waals surface area contributed by atoms with Crippen LogP contribution < -0.4 is 5.32 Å². The van der Waals surface area contributed by atoms with Gasteiger partial charge in [-0.3, -0.25) is 9.78 Å². The van der Waals surface area contributed by atoms with E-state index in [4.69, 9.17) is 0 Å². The summed E-state index contributed by atoms with van der Waals surface area (Å²) in [5.74, 6) is 0.0695. The molecule has 1 N–H and O–H groups in total. The largest absolute Gasteiger partial charge is 0.356 e. The molecule has 1 amide bonds. The minimum Gasteiger partial charge on any atom is -0.356 e. The van der Waals surface area contributed by atoms with Crippen molar-refractivity contribution < 1.29 is 4.79 Å². The van der Waals surface area contributed by atoms with E-state index in [1.165, 1.54) is 6.42 Å². The number of aromatic nitrogens is 1. The SMILES string of the molecule is CCC.CCCNC(=O)Cc1cccc(-c2ccccn2)c1. The zero-order valence-electron chi connectivity index (χ0n) is 13.8.